The van der Waals surface area contributed by atoms with Gasteiger partial charge in [-0.3, -0.25) is 14.4 Å². The van der Waals surface area contributed by atoms with Crippen LogP contribution in [-0.4, -0.2) is 51.7 Å². The second-order valence-corrected chi connectivity index (χ2v) is 6.75. The molecule has 0 radical (unpaired) electrons. The smallest absolute Gasteiger partial charge is 0.224 e. The van der Waals surface area contributed by atoms with Crippen molar-refractivity contribution in [2.24, 2.45) is 0 Å². The minimum Gasteiger partial charge on any atom is -0.340 e. The maximum absolute atomic E-state index is 12.3. The fraction of sp³-hybridized carbons (Fsp3) is 0.444. The zero-order valence-corrected chi connectivity index (χ0v) is 14.7. The molecule has 0 atom stereocenters. The fourth-order valence-corrected chi connectivity index (χ4v) is 3.21. The summed E-state index contributed by atoms with van der Waals surface area (Å²) in [4.78, 5) is 16.7. The number of hydrogen-bond donors (Lipinski definition) is 0. The van der Waals surface area contributed by atoms with Crippen LogP contribution in [0.4, 0.5) is 0 Å². The predicted octanol–water partition coefficient (Wildman–Crippen LogP) is 2.58. The zero-order chi connectivity index (χ0) is 16.9. The summed E-state index contributed by atoms with van der Waals surface area (Å²) < 4.78 is 1.72. The Morgan fingerprint density at radius 3 is 2.71 bits per heavy atom. The molecule has 0 unspecified atom stereocenters. The number of piperazine rings is 1. The lowest BCUT2D eigenvalue weighted by atomic mass is 10.1. The number of benzene rings is 1. The Bertz CT molecular complexity index is 692. The van der Waals surface area contributed by atoms with Gasteiger partial charge in [0.25, 0.3) is 0 Å². The molecule has 1 saturated heterocycles. The van der Waals surface area contributed by atoms with E-state index in [9.17, 15) is 4.79 Å². The molecule has 1 aromatic heterocycles. The van der Waals surface area contributed by atoms with Gasteiger partial charge in [-0.1, -0.05) is 41.4 Å². The van der Waals surface area contributed by atoms with Crippen molar-refractivity contribution >= 4 is 17.5 Å². The monoisotopic (exact) mass is 346 g/mol. The number of nitrogens with zero attached hydrogens (tertiary/aromatic N) is 4. The number of rotatable bonds is 5. The van der Waals surface area contributed by atoms with Crippen LogP contribution in [0.3, 0.4) is 0 Å². The van der Waals surface area contributed by atoms with Crippen LogP contribution in [0.2, 0.25) is 5.02 Å². The van der Waals surface area contributed by atoms with E-state index >= 15 is 0 Å². The summed E-state index contributed by atoms with van der Waals surface area (Å²) in [6.07, 6.45) is 3.81. The average Bonchev–Trinajstić information content (AvgIpc) is 2.99. The molecule has 0 spiro atoms. The van der Waals surface area contributed by atoms with Crippen molar-refractivity contribution < 1.29 is 4.79 Å². The molecule has 1 aliphatic heterocycles. The lowest BCUT2D eigenvalue weighted by Gasteiger charge is -2.34. The third-order valence-electron chi connectivity index (χ3n) is 4.37. The Labute approximate surface area is 147 Å². The molecule has 1 aromatic carbocycles. The first-order valence-electron chi connectivity index (χ1n) is 8.34. The second-order valence-electron chi connectivity index (χ2n) is 6.32. The van der Waals surface area contributed by atoms with Gasteiger partial charge < -0.3 is 4.90 Å². The third kappa shape index (κ3) is 4.58. The van der Waals surface area contributed by atoms with Gasteiger partial charge in [0.15, 0.2) is 0 Å². The molecule has 0 N–H and O–H groups in total. The van der Waals surface area contributed by atoms with Gasteiger partial charge in [0.1, 0.15) is 0 Å². The van der Waals surface area contributed by atoms with Crippen LogP contribution in [0.15, 0.2) is 36.7 Å². The number of carbonyl (C=O) groups is 1. The van der Waals surface area contributed by atoms with E-state index in [-0.39, 0.29) is 5.91 Å². The van der Waals surface area contributed by atoms with Crippen molar-refractivity contribution in [1.82, 2.24) is 19.6 Å². The van der Waals surface area contributed by atoms with Crippen molar-refractivity contribution in [2.75, 3.05) is 26.2 Å². The Hall–Kier alpha value is -1.85. The van der Waals surface area contributed by atoms with E-state index in [0.717, 1.165) is 32.7 Å². The van der Waals surface area contributed by atoms with Crippen LogP contribution >= 0.6 is 11.6 Å². The van der Waals surface area contributed by atoms with Crippen LogP contribution in [0.25, 0.3) is 0 Å². The highest BCUT2D eigenvalue weighted by atomic mass is 35.5. The van der Waals surface area contributed by atoms with Gasteiger partial charge in [-0.05, 0) is 12.5 Å². The topological polar surface area (TPSA) is 41.4 Å². The summed E-state index contributed by atoms with van der Waals surface area (Å²) in [6.45, 7) is 7.09. The molecule has 2 heterocycles. The van der Waals surface area contributed by atoms with E-state index < -0.39 is 0 Å². The van der Waals surface area contributed by atoms with E-state index in [1.54, 1.807) is 17.1 Å². The number of hydrogen-bond acceptors (Lipinski definition) is 3. The molecule has 0 aliphatic carbocycles. The van der Waals surface area contributed by atoms with Gasteiger partial charge in [0, 0.05) is 51.9 Å². The fourth-order valence-electron chi connectivity index (χ4n) is 3.05. The first kappa shape index (κ1) is 17.0. The maximum atomic E-state index is 12.3. The van der Waals surface area contributed by atoms with Gasteiger partial charge >= 0.3 is 0 Å². The van der Waals surface area contributed by atoms with Gasteiger partial charge in [-0.25, -0.2) is 0 Å². The van der Waals surface area contributed by atoms with Crippen molar-refractivity contribution in [3.8, 4) is 0 Å². The second kappa shape index (κ2) is 7.81. The van der Waals surface area contributed by atoms with E-state index in [2.05, 4.69) is 41.2 Å². The number of aryl methyl sites for hydroxylation is 2. The minimum atomic E-state index is 0.192. The molecule has 128 valence electrons. The zero-order valence-electron chi connectivity index (χ0n) is 14.0. The lowest BCUT2D eigenvalue weighted by Crippen LogP contribution is -2.48. The highest BCUT2D eigenvalue weighted by Gasteiger charge is 2.20. The summed E-state index contributed by atoms with van der Waals surface area (Å²) in [7, 11) is 0. The van der Waals surface area contributed by atoms with Crippen LogP contribution < -0.4 is 0 Å². The first-order valence-corrected chi connectivity index (χ1v) is 8.71. The van der Waals surface area contributed by atoms with Crippen LogP contribution in [0.1, 0.15) is 17.5 Å². The molecule has 1 amide bonds. The molecule has 0 bridgehead atoms. The molecule has 5 nitrogen and oxygen atoms in total. The van der Waals surface area contributed by atoms with Crippen molar-refractivity contribution in [3.05, 3.63) is 52.8 Å². The largest absolute Gasteiger partial charge is 0.340 e. The van der Waals surface area contributed by atoms with E-state index in [1.807, 2.05) is 4.90 Å². The summed E-state index contributed by atoms with van der Waals surface area (Å²) >= 11 is 5.83. The lowest BCUT2D eigenvalue weighted by molar-refractivity contribution is -0.133. The predicted molar refractivity (Wildman–Crippen MR) is 94.9 cm³/mol. The van der Waals surface area contributed by atoms with Crippen LogP contribution in [-0.2, 0) is 17.9 Å². The molecular formula is C18H23ClN4O. The number of amides is 1. The SMILES string of the molecule is Cc1cccc(CN2CCN(C(=O)CCn3cc(Cl)cn3)CC2)c1. The maximum Gasteiger partial charge on any atom is 0.224 e. The highest BCUT2D eigenvalue weighted by molar-refractivity contribution is 6.30. The molecule has 24 heavy (non-hydrogen) atoms. The van der Waals surface area contributed by atoms with Crippen molar-refractivity contribution in [2.45, 2.75) is 26.4 Å². The van der Waals surface area contributed by atoms with Crippen LogP contribution in [0, 0.1) is 6.92 Å². The normalized spacial score (nSPS) is 15.7. The summed E-state index contributed by atoms with van der Waals surface area (Å²) in [5.74, 6) is 0.192. The Morgan fingerprint density at radius 2 is 2.04 bits per heavy atom. The molecule has 0 saturated carbocycles. The summed E-state index contributed by atoms with van der Waals surface area (Å²) in [5, 5.41) is 4.71. The molecule has 2 aromatic rings. The third-order valence-corrected chi connectivity index (χ3v) is 4.57. The Kier molecular flexibility index (Phi) is 5.53. The summed E-state index contributed by atoms with van der Waals surface area (Å²) in [5.41, 5.74) is 2.63. The first-order chi connectivity index (χ1) is 11.6. The number of halogens is 1. The quantitative estimate of drug-likeness (QED) is 0.835. The van der Waals surface area contributed by atoms with Gasteiger partial charge in [0.2, 0.25) is 5.91 Å². The van der Waals surface area contributed by atoms with Gasteiger partial charge in [-0.15, -0.1) is 0 Å². The minimum absolute atomic E-state index is 0.192. The van der Waals surface area contributed by atoms with Crippen molar-refractivity contribution in [1.29, 1.82) is 0 Å². The number of aromatic nitrogens is 2. The summed E-state index contributed by atoms with van der Waals surface area (Å²) in [6, 6.07) is 8.62. The van der Waals surface area contributed by atoms with Crippen LogP contribution in [0.5, 0.6) is 0 Å². The van der Waals surface area contributed by atoms with Gasteiger partial charge in [-0.2, -0.15) is 5.10 Å². The standard InChI is InChI=1S/C18H23ClN4O/c1-15-3-2-4-16(11-15)13-21-7-9-22(10-8-21)18(24)5-6-23-14-17(19)12-20-23/h2-4,11-12,14H,5-10,13H2,1H3. The Morgan fingerprint density at radius 1 is 1.25 bits per heavy atom. The molecule has 1 aliphatic rings. The molecule has 3 rings (SSSR count). The molecule has 1 fully saturated rings. The average molecular weight is 347 g/mol. The number of carbonyl (C=O) groups excluding carboxylic acids is 1. The van der Waals surface area contributed by atoms with E-state index in [1.165, 1.54) is 11.1 Å². The van der Waals surface area contributed by atoms with E-state index in [4.69, 9.17) is 11.6 Å². The van der Waals surface area contributed by atoms with Gasteiger partial charge in [0.05, 0.1) is 11.2 Å². The highest BCUT2D eigenvalue weighted by Crippen LogP contribution is 2.11. The van der Waals surface area contributed by atoms with Crippen molar-refractivity contribution in [3.63, 3.8) is 0 Å². The molecule has 6 heteroatoms. The van der Waals surface area contributed by atoms with E-state index in [0.29, 0.717) is 18.0 Å². The molecular weight excluding hydrogens is 324 g/mol. The Balaban J connectivity index is 1.43.